The third-order valence-corrected chi connectivity index (χ3v) is 12.5. The number of sulfonamides is 1. The standard InChI is InChI=1S/C37H53F3N6O7S/c1-9-16-41-32(49)30(47)25(14-15-37(38,39)40)42-31(48)29-27-24(36(27,5)6)19-46(29)33(50)28(23-17-21-12-10-11-13-22(21)18-23)44-34(51)43-26(35(2,3)4)20-45(7)54(8,52)53/h9-13,23-29H,1,14-20H2,2-8H3,(H,41,49)(H,42,48)(H2,43,44,51)/t24-,25?,26+,27-,28-,29-/m0/s1. The van der Waals surface area contributed by atoms with Crippen molar-refractivity contribution in [2.75, 3.05) is 32.9 Å². The minimum absolute atomic E-state index is 0.0457. The van der Waals surface area contributed by atoms with Crippen LogP contribution in [0.15, 0.2) is 36.9 Å². The molecule has 1 heterocycles. The van der Waals surface area contributed by atoms with Crippen LogP contribution in [0, 0.1) is 28.6 Å². The number of ketones is 1. The summed E-state index contributed by atoms with van der Waals surface area (Å²) >= 11 is 0. The fourth-order valence-corrected chi connectivity index (χ4v) is 8.14. The molecule has 0 spiro atoms. The molecule has 6 atom stereocenters. The van der Waals surface area contributed by atoms with Crippen molar-refractivity contribution >= 4 is 39.6 Å². The fourth-order valence-electron chi connectivity index (χ4n) is 7.72. The summed E-state index contributed by atoms with van der Waals surface area (Å²) in [6, 6.07) is 2.03. The van der Waals surface area contributed by atoms with Crippen LogP contribution in [0.1, 0.15) is 58.6 Å². The van der Waals surface area contributed by atoms with Crippen molar-refractivity contribution in [3.63, 3.8) is 0 Å². The van der Waals surface area contributed by atoms with Gasteiger partial charge in [-0.3, -0.25) is 19.2 Å². The monoisotopic (exact) mass is 782 g/mol. The first-order chi connectivity index (χ1) is 24.9. The number of benzene rings is 1. The number of carbonyl (C=O) groups excluding carboxylic acids is 5. The Labute approximate surface area is 315 Å². The third kappa shape index (κ3) is 10.00. The van der Waals surface area contributed by atoms with Crippen molar-refractivity contribution in [3.8, 4) is 0 Å². The highest BCUT2D eigenvalue weighted by molar-refractivity contribution is 7.88. The number of hydrogen-bond donors (Lipinski definition) is 4. The fraction of sp³-hybridized carbons (Fsp3) is 0.649. The summed E-state index contributed by atoms with van der Waals surface area (Å²) < 4.78 is 65.5. The van der Waals surface area contributed by atoms with Gasteiger partial charge in [-0.2, -0.15) is 13.2 Å². The van der Waals surface area contributed by atoms with Crippen LogP contribution < -0.4 is 21.3 Å². The normalized spacial score (nSPS) is 22.4. The Balaban J connectivity index is 1.63. The van der Waals surface area contributed by atoms with Crippen LogP contribution in [-0.4, -0.2) is 110 Å². The quantitative estimate of drug-likeness (QED) is 0.156. The summed E-state index contributed by atoms with van der Waals surface area (Å²) in [7, 11) is -2.19. The number of fused-ring (bicyclic) bond motifs is 2. The van der Waals surface area contributed by atoms with Crippen LogP contribution in [0.5, 0.6) is 0 Å². The topological polar surface area (TPSA) is 174 Å². The number of alkyl halides is 3. The van der Waals surface area contributed by atoms with Crippen LogP contribution in [0.3, 0.4) is 0 Å². The van der Waals surface area contributed by atoms with Crippen LogP contribution in [0.25, 0.3) is 0 Å². The number of Topliss-reactive ketones (excluding diaryl/α,β-unsaturated/α-hetero) is 1. The number of piperidine rings is 1. The average molecular weight is 783 g/mol. The minimum atomic E-state index is -4.68. The van der Waals surface area contributed by atoms with Crippen molar-refractivity contribution in [2.24, 2.45) is 28.6 Å². The van der Waals surface area contributed by atoms with E-state index in [0.717, 1.165) is 21.7 Å². The number of nitrogens with zero attached hydrogens (tertiary/aromatic N) is 2. The lowest BCUT2D eigenvalue weighted by Gasteiger charge is -2.37. The van der Waals surface area contributed by atoms with Crippen molar-refractivity contribution in [3.05, 3.63) is 48.0 Å². The summed E-state index contributed by atoms with van der Waals surface area (Å²) in [5.74, 6) is -4.87. The molecule has 1 saturated heterocycles. The van der Waals surface area contributed by atoms with E-state index >= 15 is 0 Å². The van der Waals surface area contributed by atoms with Crippen LogP contribution in [0.2, 0.25) is 0 Å². The second-order valence-electron chi connectivity index (χ2n) is 16.5. The number of hydrogen-bond acceptors (Lipinski definition) is 7. The smallest absolute Gasteiger partial charge is 0.346 e. The number of urea groups is 1. The van der Waals surface area contributed by atoms with Gasteiger partial charge in [-0.1, -0.05) is 65.0 Å². The molecular weight excluding hydrogens is 730 g/mol. The molecule has 17 heteroatoms. The highest BCUT2D eigenvalue weighted by atomic mass is 32.2. The molecule has 2 aliphatic carbocycles. The first-order valence-electron chi connectivity index (χ1n) is 18.0. The number of likely N-dealkylation sites (tertiary alicyclic amines) is 1. The first-order valence-corrected chi connectivity index (χ1v) is 19.9. The largest absolute Gasteiger partial charge is 0.389 e. The van der Waals surface area contributed by atoms with Gasteiger partial charge in [0.15, 0.2) is 0 Å². The van der Waals surface area contributed by atoms with Crippen LogP contribution >= 0.6 is 0 Å². The van der Waals surface area contributed by atoms with E-state index in [1.807, 2.05) is 58.9 Å². The Hall–Kier alpha value is -3.99. The second kappa shape index (κ2) is 16.0. The zero-order valence-corrected chi connectivity index (χ0v) is 32.7. The van der Waals surface area contributed by atoms with Crippen LogP contribution in [0.4, 0.5) is 18.0 Å². The van der Waals surface area contributed by atoms with E-state index in [4.69, 9.17) is 0 Å². The molecule has 1 aliphatic heterocycles. The lowest BCUT2D eigenvalue weighted by atomic mass is 9.86. The van der Waals surface area contributed by atoms with E-state index in [0.29, 0.717) is 12.8 Å². The maximum absolute atomic E-state index is 14.7. The van der Waals surface area contributed by atoms with Gasteiger partial charge in [0.2, 0.25) is 27.6 Å². The molecule has 1 aromatic carbocycles. The second-order valence-corrected chi connectivity index (χ2v) is 18.6. The number of likely N-dealkylation sites (N-methyl/N-ethyl adjacent to an activating group) is 1. The third-order valence-electron chi connectivity index (χ3n) is 11.2. The molecule has 0 bridgehead atoms. The number of carbonyl (C=O) groups is 5. The van der Waals surface area contributed by atoms with Gasteiger partial charge in [0, 0.05) is 39.1 Å². The highest BCUT2D eigenvalue weighted by Crippen LogP contribution is 2.65. The van der Waals surface area contributed by atoms with Gasteiger partial charge in [-0.05, 0) is 59.0 Å². The molecule has 0 aromatic heterocycles. The zero-order chi connectivity index (χ0) is 40.6. The van der Waals surface area contributed by atoms with Gasteiger partial charge in [0.25, 0.3) is 5.91 Å². The predicted molar refractivity (Wildman–Crippen MR) is 195 cm³/mol. The van der Waals surface area contributed by atoms with Crippen molar-refractivity contribution in [2.45, 2.75) is 90.6 Å². The van der Waals surface area contributed by atoms with Gasteiger partial charge in [-0.25, -0.2) is 17.5 Å². The first kappa shape index (κ1) is 42.7. The van der Waals surface area contributed by atoms with Crippen molar-refractivity contribution in [1.29, 1.82) is 0 Å². The summed E-state index contributed by atoms with van der Waals surface area (Å²) in [6.07, 6.45) is -3.79. The number of amides is 5. The summed E-state index contributed by atoms with van der Waals surface area (Å²) in [5, 5.41) is 10.3. The summed E-state index contributed by atoms with van der Waals surface area (Å²) in [5.41, 5.74) is 0.962. The van der Waals surface area contributed by atoms with Gasteiger partial charge in [-0.15, -0.1) is 6.58 Å². The number of nitrogens with one attached hydrogen (secondary N) is 4. The van der Waals surface area contributed by atoms with E-state index in [1.165, 1.54) is 18.0 Å². The van der Waals surface area contributed by atoms with E-state index in [2.05, 4.69) is 27.8 Å². The van der Waals surface area contributed by atoms with Gasteiger partial charge in [0.1, 0.15) is 12.1 Å². The SMILES string of the molecule is C=CCNC(=O)C(=O)C(CCC(F)(F)F)NC(=O)[C@@H]1[C@@H]2[C@H](CN1C(=O)[C@@H](NC(=O)N[C@H](CN(C)S(C)(=O)=O)C(C)(C)C)C1Cc3ccccc3C1)C2(C)C. The Morgan fingerprint density at radius 1 is 1.04 bits per heavy atom. The summed E-state index contributed by atoms with van der Waals surface area (Å²) in [6.45, 7) is 12.7. The lowest BCUT2D eigenvalue weighted by molar-refractivity contribution is -0.147. The highest BCUT2D eigenvalue weighted by Gasteiger charge is 2.70. The maximum Gasteiger partial charge on any atom is 0.389 e. The molecule has 300 valence electrons. The zero-order valence-electron chi connectivity index (χ0n) is 31.9. The van der Waals surface area contributed by atoms with E-state index < -0.39 is 105 Å². The molecule has 54 heavy (non-hydrogen) atoms. The van der Waals surface area contributed by atoms with Crippen molar-refractivity contribution < 1.29 is 45.6 Å². The number of halogens is 3. The molecule has 1 aromatic rings. The molecule has 2 fully saturated rings. The predicted octanol–water partition coefficient (Wildman–Crippen LogP) is 2.56. The van der Waals surface area contributed by atoms with E-state index in [-0.39, 0.29) is 25.6 Å². The molecular formula is C37H53F3N6O7S. The van der Waals surface area contributed by atoms with Crippen LogP contribution in [-0.2, 0) is 42.0 Å². The molecule has 4 rings (SSSR count). The Morgan fingerprint density at radius 2 is 1.63 bits per heavy atom. The lowest BCUT2D eigenvalue weighted by Crippen LogP contribution is -2.61. The van der Waals surface area contributed by atoms with Gasteiger partial charge < -0.3 is 26.2 Å². The Kier molecular flexibility index (Phi) is 12.7. The molecule has 13 nitrogen and oxygen atoms in total. The van der Waals surface area contributed by atoms with E-state index in [1.54, 1.807) is 0 Å². The van der Waals surface area contributed by atoms with E-state index in [9.17, 15) is 45.6 Å². The Morgan fingerprint density at radius 3 is 2.15 bits per heavy atom. The molecule has 0 radical (unpaired) electrons. The average Bonchev–Trinajstić information content (AvgIpc) is 3.41. The Bertz CT molecular complexity index is 1720. The van der Waals surface area contributed by atoms with Gasteiger partial charge in [0.05, 0.1) is 12.3 Å². The van der Waals surface area contributed by atoms with Crippen molar-refractivity contribution in [1.82, 2.24) is 30.5 Å². The molecule has 3 aliphatic rings. The van der Waals surface area contributed by atoms with Gasteiger partial charge >= 0.3 is 12.2 Å². The molecule has 1 saturated carbocycles. The maximum atomic E-state index is 14.7. The number of rotatable bonds is 15. The molecule has 4 N–H and O–H groups in total. The minimum Gasteiger partial charge on any atom is -0.346 e. The molecule has 1 unspecified atom stereocenters. The molecule has 5 amide bonds. The summed E-state index contributed by atoms with van der Waals surface area (Å²) in [4.78, 5) is 69.5.